The van der Waals surface area contributed by atoms with Crippen LogP contribution in [0.4, 0.5) is 26.3 Å². The number of hydrogen-bond donors (Lipinski definition) is 0. The van der Waals surface area contributed by atoms with E-state index in [-0.39, 0.29) is 11.6 Å². The topological polar surface area (TPSA) is 0 Å². The van der Waals surface area contributed by atoms with Gasteiger partial charge in [-0.1, -0.05) is 115 Å². The quantitative estimate of drug-likeness (QED) is 0.145. The summed E-state index contributed by atoms with van der Waals surface area (Å²) < 4.78 is 86.8. The Hall–Kier alpha value is -6.83. The normalized spacial score (nSPS) is 14.7. The lowest BCUT2D eigenvalue weighted by Gasteiger charge is -2.26. The molecule has 0 bridgehead atoms. The van der Waals surface area contributed by atoms with Crippen LogP contribution >= 0.6 is 11.8 Å². The van der Waals surface area contributed by atoms with Crippen molar-refractivity contribution in [2.75, 3.05) is 0 Å². The van der Waals surface area contributed by atoms with Gasteiger partial charge in [0.1, 0.15) is 34.9 Å². The molecule has 1 aliphatic heterocycles. The number of benzene rings is 7. The standard InChI is InChI=1S/C52H30F6S/c53-37-17-5-31(6-18-37)47-45(48(32-7-19-38(54)20-8-32)51(35-13-25-41(57)26-14-35)50(47)34-11-23-40(56)24-12-34)29-30-46-43-3-1-2-4-44(43)49(33-9-21-39(55)22-10-33)52(59-46)36-15-27-42(58)28-16-36/h1-30H/b46-30-. The summed E-state index contributed by atoms with van der Waals surface area (Å²) in [5, 5.41) is 0. The molecule has 1 heterocycles. The van der Waals surface area contributed by atoms with Crippen LogP contribution in [-0.2, 0) is 0 Å². The molecule has 0 saturated carbocycles. The molecule has 0 amide bonds. The van der Waals surface area contributed by atoms with Gasteiger partial charge in [0.15, 0.2) is 0 Å². The summed E-state index contributed by atoms with van der Waals surface area (Å²) in [6, 6.07) is 44.8. The Bertz CT molecular complexity index is 2770. The van der Waals surface area contributed by atoms with Gasteiger partial charge in [-0.2, -0.15) is 0 Å². The summed E-state index contributed by atoms with van der Waals surface area (Å²) in [6.07, 6.45) is 3.97. The first-order chi connectivity index (χ1) is 28.7. The zero-order chi connectivity index (χ0) is 40.6. The molecule has 0 saturated heterocycles. The lowest BCUT2D eigenvalue weighted by atomic mass is 9.89. The first kappa shape index (κ1) is 37.7. The molecule has 1 aliphatic carbocycles. The second-order valence-corrected chi connectivity index (χ2v) is 15.1. The van der Waals surface area contributed by atoms with Gasteiger partial charge in [0.2, 0.25) is 0 Å². The average Bonchev–Trinajstić information content (AvgIpc) is 3.59. The van der Waals surface area contributed by atoms with E-state index in [1.54, 1.807) is 72.8 Å². The Morgan fingerprint density at radius 1 is 0.288 bits per heavy atom. The number of fused-ring (bicyclic) bond motifs is 1. The summed E-state index contributed by atoms with van der Waals surface area (Å²) in [6.45, 7) is 0. The van der Waals surface area contributed by atoms with Crippen LogP contribution in [0.3, 0.4) is 0 Å². The van der Waals surface area contributed by atoms with Gasteiger partial charge in [0, 0.05) is 15.4 Å². The van der Waals surface area contributed by atoms with Gasteiger partial charge in [0.25, 0.3) is 0 Å². The van der Waals surface area contributed by atoms with Gasteiger partial charge < -0.3 is 0 Å². The van der Waals surface area contributed by atoms with Crippen LogP contribution in [0, 0.1) is 34.9 Å². The Morgan fingerprint density at radius 3 is 0.966 bits per heavy atom. The molecular weight excluding hydrogens is 771 g/mol. The number of halogens is 6. The van der Waals surface area contributed by atoms with Gasteiger partial charge >= 0.3 is 0 Å². The fourth-order valence-electron chi connectivity index (χ4n) is 7.70. The molecule has 286 valence electrons. The highest BCUT2D eigenvalue weighted by Gasteiger charge is 2.33. The molecule has 2 aliphatic rings. The van der Waals surface area contributed by atoms with Crippen LogP contribution in [0.25, 0.3) is 37.7 Å². The lowest BCUT2D eigenvalue weighted by molar-refractivity contribution is 0.627. The van der Waals surface area contributed by atoms with Crippen molar-refractivity contribution in [3.05, 3.63) is 267 Å². The molecule has 0 N–H and O–H groups in total. The van der Waals surface area contributed by atoms with Crippen LogP contribution in [0.5, 0.6) is 0 Å². The van der Waals surface area contributed by atoms with E-state index in [2.05, 4.69) is 0 Å². The highest BCUT2D eigenvalue weighted by Crippen LogP contribution is 2.56. The SMILES string of the molecule is Fc1ccc(C2=C(c3ccc(F)cc3)c3ccccc3/C(=C/C=C3C(c4ccc(F)cc4)=C(c4ccc(F)cc4)C(c4ccc(F)cc4)=C3c3ccc(F)cc3)S2)cc1. The van der Waals surface area contributed by atoms with Crippen molar-refractivity contribution in [1.29, 1.82) is 0 Å². The van der Waals surface area contributed by atoms with Crippen LogP contribution < -0.4 is 0 Å². The Kier molecular flexibility index (Phi) is 10.1. The molecule has 0 nitrogen and oxygen atoms in total. The van der Waals surface area contributed by atoms with Gasteiger partial charge in [0.05, 0.1) is 0 Å². The van der Waals surface area contributed by atoms with E-state index in [9.17, 15) is 26.3 Å². The Labute approximate surface area is 341 Å². The third-order valence-electron chi connectivity index (χ3n) is 10.4. The highest BCUT2D eigenvalue weighted by molar-refractivity contribution is 8.17. The molecule has 0 aromatic heterocycles. The molecule has 7 heteroatoms. The Morgan fingerprint density at radius 2 is 0.593 bits per heavy atom. The van der Waals surface area contributed by atoms with Gasteiger partial charge in [-0.15, -0.1) is 0 Å². The predicted octanol–water partition coefficient (Wildman–Crippen LogP) is 14.7. The predicted molar refractivity (Wildman–Crippen MR) is 228 cm³/mol. The average molecular weight is 801 g/mol. The van der Waals surface area contributed by atoms with Crippen molar-refractivity contribution in [2.24, 2.45) is 0 Å². The first-order valence-corrected chi connectivity index (χ1v) is 19.5. The molecule has 0 atom stereocenters. The number of allylic oxidation sites excluding steroid dienone is 7. The summed E-state index contributed by atoms with van der Waals surface area (Å²) in [4.78, 5) is 1.67. The fourth-order valence-corrected chi connectivity index (χ4v) is 8.93. The minimum absolute atomic E-state index is 0.367. The third-order valence-corrected chi connectivity index (χ3v) is 11.6. The summed E-state index contributed by atoms with van der Waals surface area (Å²) in [5.74, 6) is -2.47. The van der Waals surface area contributed by atoms with E-state index < -0.39 is 23.3 Å². The molecule has 7 aromatic rings. The largest absolute Gasteiger partial charge is 0.207 e. The van der Waals surface area contributed by atoms with E-state index in [0.717, 1.165) is 37.6 Å². The van der Waals surface area contributed by atoms with E-state index in [1.165, 1.54) is 84.6 Å². The fraction of sp³-hybridized carbons (Fsp3) is 0. The van der Waals surface area contributed by atoms with E-state index in [0.29, 0.717) is 50.1 Å². The van der Waals surface area contributed by atoms with Crippen LogP contribution in [0.1, 0.15) is 44.5 Å². The van der Waals surface area contributed by atoms with Crippen LogP contribution in [-0.4, -0.2) is 0 Å². The zero-order valence-corrected chi connectivity index (χ0v) is 31.8. The number of thioether (sulfide) groups is 1. The summed E-state index contributed by atoms with van der Waals surface area (Å²) in [7, 11) is 0. The molecule has 0 fully saturated rings. The third kappa shape index (κ3) is 7.41. The first-order valence-electron chi connectivity index (χ1n) is 18.7. The highest BCUT2D eigenvalue weighted by atomic mass is 32.2. The lowest BCUT2D eigenvalue weighted by Crippen LogP contribution is -2.02. The molecular formula is C52H30F6S. The molecule has 7 aromatic carbocycles. The molecule has 0 radical (unpaired) electrons. The second-order valence-electron chi connectivity index (χ2n) is 14.0. The minimum atomic E-state index is -0.430. The second kappa shape index (κ2) is 15.8. The summed E-state index contributed by atoms with van der Waals surface area (Å²) in [5.41, 5.74) is 10.3. The smallest absolute Gasteiger partial charge is 0.123 e. The van der Waals surface area contributed by atoms with Gasteiger partial charge in [-0.05, 0) is 151 Å². The van der Waals surface area contributed by atoms with Crippen LogP contribution in [0.2, 0.25) is 0 Å². The zero-order valence-electron chi connectivity index (χ0n) is 31.0. The van der Waals surface area contributed by atoms with Crippen molar-refractivity contribution < 1.29 is 26.3 Å². The van der Waals surface area contributed by atoms with E-state index in [4.69, 9.17) is 0 Å². The molecule has 0 unspecified atom stereocenters. The van der Waals surface area contributed by atoms with Gasteiger partial charge in [-0.3, -0.25) is 0 Å². The van der Waals surface area contributed by atoms with E-state index in [1.807, 2.05) is 36.4 Å². The van der Waals surface area contributed by atoms with Crippen molar-refractivity contribution in [3.8, 4) is 0 Å². The van der Waals surface area contributed by atoms with E-state index >= 15 is 0 Å². The molecule has 0 spiro atoms. The molecule has 9 rings (SSSR count). The maximum Gasteiger partial charge on any atom is 0.123 e. The monoisotopic (exact) mass is 800 g/mol. The number of rotatable bonds is 7. The maximum absolute atomic E-state index is 14.6. The van der Waals surface area contributed by atoms with Gasteiger partial charge in [-0.25, -0.2) is 26.3 Å². The maximum atomic E-state index is 14.6. The van der Waals surface area contributed by atoms with Crippen LogP contribution in [0.15, 0.2) is 188 Å². The van der Waals surface area contributed by atoms with Crippen molar-refractivity contribution in [2.45, 2.75) is 0 Å². The van der Waals surface area contributed by atoms with Crippen molar-refractivity contribution in [1.82, 2.24) is 0 Å². The Balaban J connectivity index is 1.35. The molecule has 59 heavy (non-hydrogen) atoms. The summed E-state index contributed by atoms with van der Waals surface area (Å²) >= 11 is 1.48. The minimum Gasteiger partial charge on any atom is -0.207 e. The van der Waals surface area contributed by atoms with Crippen molar-refractivity contribution >= 4 is 49.4 Å². The van der Waals surface area contributed by atoms with Crippen molar-refractivity contribution in [3.63, 3.8) is 0 Å². The number of hydrogen-bond acceptors (Lipinski definition) is 1.